The smallest absolute Gasteiger partial charge is 0.243 e. The van der Waals surface area contributed by atoms with Gasteiger partial charge in [0.2, 0.25) is 15.9 Å². The molecule has 0 aliphatic rings. The Morgan fingerprint density at radius 1 is 1.07 bits per heavy atom. The molecule has 0 aliphatic heterocycles. The molecule has 30 heavy (non-hydrogen) atoms. The van der Waals surface area contributed by atoms with Crippen molar-refractivity contribution >= 4 is 21.6 Å². The highest BCUT2D eigenvalue weighted by Gasteiger charge is 2.31. The van der Waals surface area contributed by atoms with Gasteiger partial charge in [0.25, 0.3) is 0 Å². The number of carbonyl (C=O) groups is 1. The molecule has 2 rings (SSSR count). The van der Waals surface area contributed by atoms with Crippen LogP contribution >= 0.6 is 0 Å². The molecule has 164 valence electrons. The molecule has 2 aromatic carbocycles. The summed E-state index contributed by atoms with van der Waals surface area (Å²) in [6.45, 7) is 3.97. The molecule has 0 bridgehead atoms. The molecule has 9 heteroatoms. The van der Waals surface area contributed by atoms with E-state index in [2.05, 4.69) is 5.32 Å². The van der Waals surface area contributed by atoms with Gasteiger partial charge in [0.15, 0.2) is 0 Å². The maximum absolute atomic E-state index is 12.7. The van der Waals surface area contributed by atoms with E-state index < -0.39 is 22.0 Å². The second-order valence-electron chi connectivity index (χ2n) is 6.73. The molecule has 1 N–H and O–H groups in total. The van der Waals surface area contributed by atoms with Crippen molar-refractivity contribution in [3.8, 4) is 17.2 Å². The quantitative estimate of drug-likeness (QED) is 0.575. The lowest BCUT2D eigenvalue weighted by molar-refractivity contribution is -0.121. The molecule has 0 saturated heterocycles. The van der Waals surface area contributed by atoms with Crippen LogP contribution < -0.4 is 23.8 Å². The van der Waals surface area contributed by atoms with Crippen LogP contribution in [0.2, 0.25) is 0 Å². The van der Waals surface area contributed by atoms with Crippen LogP contribution in [0.3, 0.4) is 0 Å². The Morgan fingerprint density at radius 3 is 2.27 bits per heavy atom. The number of ether oxygens (including phenoxy) is 3. The number of rotatable bonds is 10. The third-order valence-corrected chi connectivity index (χ3v) is 5.63. The lowest BCUT2D eigenvalue weighted by Gasteiger charge is -2.29. The Kier molecular flexibility index (Phi) is 7.93. The van der Waals surface area contributed by atoms with E-state index in [-0.39, 0.29) is 18.8 Å². The lowest BCUT2D eigenvalue weighted by Crippen LogP contribution is -2.48. The summed E-state index contributed by atoms with van der Waals surface area (Å²) in [5.74, 6) is 0.988. The molecule has 0 fully saturated rings. The van der Waals surface area contributed by atoms with Gasteiger partial charge in [0, 0.05) is 6.07 Å². The van der Waals surface area contributed by atoms with Crippen LogP contribution in [0.4, 0.5) is 5.69 Å². The maximum atomic E-state index is 12.7. The zero-order valence-electron chi connectivity index (χ0n) is 17.8. The first-order valence-corrected chi connectivity index (χ1v) is 11.2. The molecule has 8 nitrogen and oxygen atoms in total. The fraction of sp³-hybridized carbons (Fsp3) is 0.381. The van der Waals surface area contributed by atoms with Gasteiger partial charge < -0.3 is 19.5 Å². The van der Waals surface area contributed by atoms with Gasteiger partial charge in [-0.3, -0.25) is 9.10 Å². The molecule has 0 radical (unpaired) electrons. The number of hydrogen-bond donors (Lipinski definition) is 1. The highest BCUT2D eigenvalue weighted by molar-refractivity contribution is 7.92. The Labute approximate surface area is 177 Å². The second kappa shape index (κ2) is 10.2. The van der Waals surface area contributed by atoms with E-state index in [0.29, 0.717) is 17.2 Å². The average Bonchev–Trinajstić information content (AvgIpc) is 2.71. The van der Waals surface area contributed by atoms with Crippen LogP contribution in [0, 0.1) is 6.92 Å². The van der Waals surface area contributed by atoms with Crippen LogP contribution in [-0.4, -0.2) is 54.0 Å². The number of aryl methyl sites for hydroxylation is 1. The Balaban J connectivity index is 2.10. The number of sulfonamides is 1. The van der Waals surface area contributed by atoms with E-state index in [0.717, 1.165) is 16.1 Å². The third-order valence-electron chi connectivity index (χ3n) is 4.40. The van der Waals surface area contributed by atoms with Gasteiger partial charge in [-0.2, -0.15) is 0 Å². The van der Waals surface area contributed by atoms with Crippen LogP contribution in [-0.2, 0) is 14.8 Å². The number of nitrogens with zero attached hydrogens (tertiary/aromatic N) is 1. The topological polar surface area (TPSA) is 94.2 Å². The van der Waals surface area contributed by atoms with Gasteiger partial charge >= 0.3 is 0 Å². The van der Waals surface area contributed by atoms with Crippen LogP contribution in [0.15, 0.2) is 42.5 Å². The average molecular weight is 437 g/mol. The van der Waals surface area contributed by atoms with E-state index in [1.807, 2.05) is 31.2 Å². The molecule has 0 saturated carbocycles. The summed E-state index contributed by atoms with van der Waals surface area (Å²) in [5, 5.41) is 2.71. The number of nitrogens with one attached hydrogen (secondary N) is 1. The van der Waals surface area contributed by atoms with Crippen molar-refractivity contribution in [3.63, 3.8) is 0 Å². The van der Waals surface area contributed by atoms with Crippen molar-refractivity contribution in [1.82, 2.24) is 5.32 Å². The van der Waals surface area contributed by atoms with E-state index in [9.17, 15) is 13.2 Å². The number of hydrogen-bond acceptors (Lipinski definition) is 6. The lowest BCUT2D eigenvalue weighted by atomic mass is 10.2. The molecule has 1 amide bonds. The predicted molar refractivity (Wildman–Crippen MR) is 116 cm³/mol. The molecule has 2 aromatic rings. The Morgan fingerprint density at radius 2 is 1.70 bits per heavy atom. The Hall–Kier alpha value is -2.94. The summed E-state index contributed by atoms with van der Waals surface area (Å²) < 4.78 is 42.1. The number of methoxy groups -OCH3 is 2. The summed E-state index contributed by atoms with van der Waals surface area (Å²) in [6.07, 6.45) is 1.04. The summed E-state index contributed by atoms with van der Waals surface area (Å²) in [4.78, 5) is 12.7. The standard InChI is InChI=1S/C21H28N2O6S/c1-15-6-8-17(9-7-15)29-13-12-22-21(24)16(2)23(30(5,25)26)19-14-18(27-3)10-11-20(19)28-4/h6-11,14,16H,12-13H2,1-5H3,(H,22,24)/t16-/m0/s1. The van der Waals surface area contributed by atoms with Crippen LogP contribution in [0.5, 0.6) is 17.2 Å². The van der Waals surface area contributed by atoms with Crippen molar-refractivity contribution in [1.29, 1.82) is 0 Å². The van der Waals surface area contributed by atoms with E-state index in [4.69, 9.17) is 14.2 Å². The molecule has 0 heterocycles. The zero-order valence-corrected chi connectivity index (χ0v) is 18.7. The van der Waals surface area contributed by atoms with Crippen molar-refractivity contribution in [2.75, 3.05) is 37.9 Å². The molecule has 0 aromatic heterocycles. The molecule has 0 unspecified atom stereocenters. The number of carbonyl (C=O) groups excluding carboxylic acids is 1. The number of benzene rings is 2. The fourth-order valence-electron chi connectivity index (χ4n) is 2.88. The first-order valence-electron chi connectivity index (χ1n) is 9.36. The summed E-state index contributed by atoms with van der Waals surface area (Å²) in [6, 6.07) is 11.3. The number of amides is 1. The Bertz CT molecular complexity index is 960. The van der Waals surface area contributed by atoms with Gasteiger partial charge in [-0.15, -0.1) is 0 Å². The van der Waals surface area contributed by atoms with E-state index >= 15 is 0 Å². The van der Waals surface area contributed by atoms with Gasteiger partial charge in [0.05, 0.1) is 32.7 Å². The maximum Gasteiger partial charge on any atom is 0.243 e. The largest absolute Gasteiger partial charge is 0.497 e. The van der Waals surface area contributed by atoms with Gasteiger partial charge in [0.1, 0.15) is 29.9 Å². The van der Waals surface area contributed by atoms with Gasteiger partial charge in [-0.05, 0) is 38.1 Å². The highest BCUT2D eigenvalue weighted by atomic mass is 32.2. The normalized spacial score (nSPS) is 12.0. The molecule has 0 aliphatic carbocycles. The predicted octanol–water partition coefficient (Wildman–Crippen LogP) is 2.36. The summed E-state index contributed by atoms with van der Waals surface area (Å²) in [7, 11) is -0.890. The van der Waals surface area contributed by atoms with Crippen molar-refractivity contribution in [3.05, 3.63) is 48.0 Å². The van der Waals surface area contributed by atoms with Crippen molar-refractivity contribution in [2.24, 2.45) is 0 Å². The fourth-order valence-corrected chi connectivity index (χ4v) is 4.05. The minimum atomic E-state index is -3.79. The van der Waals surface area contributed by atoms with Gasteiger partial charge in [-0.25, -0.2) is 8.42 Å². The first kappa shape index (κ1) is 23.3. The van der Waals surface area contributed by atoms with E-state index in [1.165, 1.54) is 27.2 Å². The molecule has 1 atom stereocenters. The van der Waals surface area contributed by atoms with Crippen molar-refractivity contribution in [2.45, 2.75) is 19.9 Å². The third kappa shape index (κ3) is 6.03. The van der Waals surface area contributed by atoms with Gasteiger partial charge in [-0.1, -0.05) is 17.7 Å². The monoisotopic (exact) mass is 436 g/mol. The number of anilines is 1. The SMILES string of the molecule is COc1ccc(OC)c(N([C@@H](C)C(=O)NCCOc2ccc(C)cc2)S(C)(=O)=O)c1. The summed E-state index contributed by atoms with van der Waals surface area (Å²) in [5.41, 5.74) is 1.34. The molecular weight excluding hydrogens is 408 g/mol. The summed E-state index contributed by atoms with van der Waals surface area (Å²) >= 11 is 0. The van der Waals surface area contributed by atoms with Crippen LogP contribution in [0.25, 0.3) is 0 Å². The zero-order chi connectivity index (χ0) is 22.3. The minimum absolute atomic E-state index is 0.220. The van der Waals surface area contributed by atoms with E-state index in [1.54, 1.807) is 12.1 Å². The molecule has 0 spiro atoms. The highest BCUT2D eigenvalue weighted by Crippen LogP contribution is 2.35. The first-order chi connectivity index (χ1) is 14.2. The second-order valence-corrected chi connectivity index (χ2v) is 8.58. The van der Waals surface area contributed by atoms with Crippen LogP contribution in [0.1, 0.15) is 12.5 Å². The molecular formula is C21H28N2O6S. The minimum Gasteiger partial charge on any atom is -0.497 e. The van der Waals surface area contributed by atoms with Crippen molar-refractivity contribution < 1.29 is 27.4 Å².